The maximum Gasteiger partial charge on any atom is 0.236 e. The van der Waals surface area contributed by atoms with Gasteiger partial charge in [-0.3, -0.25) is 9.59 Å². The van der Waals surface area contributed by atoms with Crippen molar-refractivity contribution in [3.63, 3.8) is 0 Å². The molecule has 4 nitrogen and oxygen atoms in total. The van der Waals surface area contributed by atoms with Gasteiger partial charge in [-0.25, -0.2) is 0 Å². The summed E-state index contributed by atoms with van der Waals surface area (Å²) in [5.74, 6) is -0.558. The highest BCUT2D eigenvalue weighted by molar-refractivity contribution is 5.83. The third-order valence-electron chi connectivity index (χ3n) is 3.47. The number of unbranched alkanes of at least 4 members (excludes halogenated alkanes) is 10. The van der Waals surface area contributed by atoms with E-state index in [-0.39, 0.29) is 12.5 Å². The summed E-state index contributed by atoms with van der Waals surface area (Å²) in [6, 6.07) is 0. The van der Waals surface area contributed by atoms with Gasteiger partial charge < -0.3 is 11.1 Å². The van der Waals surface area contributed by atoms with Crippen molar-refractivity contribution in [3.05, 3.63) is 0 Å². The Morgan fingerprint density at radius 3 is 1.70 bits per heavy atom. The van der Waals surface area contributed by atoms with E-state index >= 15 is 0 Å². The van der Waals surface area contributed by atoms with Crippen LogP contribution >= 0.6 is 0 Å². The summed E-state index contributed by atoms with van der Waals surface area (Å²) in [6.07, 6.45) is 14.5. The minimum atomic E-state index is -0.489. The number of amides is 2. The van der Waals surface area contributed by atoms with Gasteiger partial charge in [-0.05, 0) is 6.42 Å². The van der Waals surface area contributed by atoms with Gasteiger partial charge in [0.1, 0.15) is 0 Å². The second-order valence-electron chi connectivity index (χ2n) is 5.53. The number of nitrogens with two attached hydrogens (primary N) is 1. The van der Waals surface area contributed by atoms with Crippen LogP contribution in [0.4, 0.5) is 0 Å². The van der Waals surface area contributed by atoms with Crippen LogP contribution in [0.3, 0.4) is 0 Å². The van der Waals surface area contributed by atoms with Gasteiger partial charge in [0, 0.05) is 6.42 Å². The van der Waals surface area contributed by atoms with Crippen LogP contribution in [-0.2, 0) is 9.59 Å². The summed E-state index contributed by atoms with van der Waals surface area (Å²) in [5.41, 5.74) is 4.95. The van der Waals surface area contributed by atoms with Crippen molar-refractivity contribution in [2.24, 2.45) is 5.73 Å². The molecule has 4 heteroatoms. The minimum absolute atomic E-state index is 0.0448. The van der Waals surface area contributed by atoms with Crippen molar-refractivity contribution in [2.75, 3.05) is 6.54 Å². The van der Waals surface area contributed by atoms with Gasteiger partial charge >= 0.3 is 0 Å². The zero-order chi connectivity index (χ0) is 15.1. The number of nitrogens with one attached hydrogen (secondary N) is 1. The molecule has 0 aliphatic rings. The zero-order valence-corrected chi connectivity index (χ0v) is 13.1. The number of hydrogen-bond donors (Lipinski definition) is 2. The fourth-order valence-electron chi connectivity index (χ4n) is 2.22. The van der Waals surface area contributed by atoms with Gasteiger partial charge in [-0.2, -0.15) is 0 Å². The van der Waals surface area contributed by atoms with E-state index in [0.29, 0.717) is 6.42 Å². The minimum Gasteiger partial charge on any atom is -0.368 e. The summed E-state index contributed by atoms with van der Waals surface area (Å²) < 4.78 is 0. The Kier molecular flexibility index (Phi) is 13.6. The van der Waals surface area contributed by atoms with Crippen molar-refractivity contribution in [1.29, 1.82) is 0 Å². The van der Waals surface area contributed by atoms with Gasteiger partial charge in [-0.1, -0.05) is 71.1 Å². The molecule has 20 heavy (non-hydrogen) atoms. The van der Waals surface area contributed by atoms with E-state index < -0.39 is 5.91 Å². The first-order valence-electron chi connectivity index (χ1n) is 8.21. The first kappa shape index (κ1) is 18.9. The summed E-state index contributed by atoms with van der Waals surface area (Å²) in [5, 5.41) is 2.50. The lowest BCUT2D eigenvalue weighted by Gasteiger charge is -2.03. The molecule has 0 aromatic heterocycles. The maximum absolute atomic E-state index is 11.3. The van der Waals surface area contributed by atoms with Crippen LogP contribution < -0.4 is 11.1 Å². The van der Waals surface area contributed by atoms with E-state index in [9.17, 15) is 9.59 Å². The van der Waals surface area contributed by atoms with Crippen LogP contribution in [0.2, 0.25) is 0 Å². The standard InChI is InChI=1S/C16H32N2O2/c1-2-3-4-5-6-7-8-9-10-11-12-13-16(20)18-14-15(17)19/h2-14H2,1H3,(H2,17,19)(H,18,20). The molecule has 0 heterocycles. The summed E-state index contributed by atoms with van der Waals surface area (Å²) in [6.45, 7) is 2.20. The zero-order valence-electron chi connectivity index (χ0n) is 13.1. The number of carbonyl (C=O) groups is 2. The smallest absolute Gasteiger partial charge is 0.236 e. The molecule has 0 unspecified atom stereocenters. The lowest BCUT2D eigenvalue weighted by atomic mass is 10.1. The second-order valence-corrected chi connectivity index (χ2v) is 5.53. The molecule has 0 spiro atoms. The largest absolute Gasteiger partial charge is 0.368 e. The Balaban J connectivity index is 3.12. The molecule has 0 aliphatic heterocycles. The lowest BCUT2D eigenvalue weighted by molar-refractivity contribution is -0.124. The SMILES string of the molecule is CCCCCCCCCCCCCC(=O)NCC(N)=O. The molecule has 0 aromatic carbocycles. The monoisotopic (exact) mass is 284 g/mol. The highest BCUT2D eigenvalue weighted by Crippen LogP contribution is 2.11. The van der Waals surface area contributed by atoms with Crippen LogP contribution in [0.1, 0.15) is 84.0 Å². The Morgan fingerprint density at radius 1 is 0.800 bits per heavy atom. The van der Waals surface area contributed by atoms with Crippen LogP contribution in [0.15, 0.2) is 0 Å². The molecule has 118 valence electrons. The quantitative estimate of drug-likeness (QED) is 0.480. The molecule has 2 amide bonds. The molecule has 0 fully saturated rings. The fourth-order valence-corrected chi connectivity index (χ4v) is 2.22. The molecule has 0 aliphatic carbocycles. The lowest BCUT2D eigenvalue weighted by Crippen LogP contribution is -2.33. The molecule has 3 N–H and O–H groups in total. The van der Waals surface area contributed by atoms with Gasteiger partial charge in [0.25, 0.3) is 0 Å². The van der Waals surface area contributed by atoms with Crippen molar-refractivity contribution in [3.8, 4) is 0 Å². The number of hydrogen-bond acceptors (Lipinski definition) is 2. The van der Waals surface area contributed by atoms with Crippen LogP contribution in [0.5, 0.6) is 0 Å². The Morgan fingerprint density at radius 2 is 1.25 bits per heavy atom. The van der Waals surface area contributed by atoms with Crippen LogP contribution in [-0.4, -0.2) is 18.4 Å². The van der Waals surface area contributed by atoms with Crippen LogP contribution in [0.25, 0.3) is 0 Å². The summed E-state index contributed by atoms with van der Waals surface area (Å²) in [4.78, 5) is 21.8. The Hall–Kier alpha value is -1.06. The maximum atomic E-state index is 11.3. The average molecular weight is 284 g/mol. The van der Waals surface area contributed by atoms with Crippen molar-refractivity contribution >= 4 is 11.8 Å². The molecule has 0 saturated carbocycles. The van der Waals surface area contributed by atoms with E-state index in [1.165, 1.54) is 57.8 Å². The van der Waals surface area contributed by atoms with E-state index in [4.69, 9.17) is 5.73 Å². The third kappa shape index (κ3) is 15.0. The predicted molar refractivity (Wildman–Crippen MR) is 83.3 cm³/mol. The molecule has 0 saturated heterocycles. The second kappa shape index (κ2) is 14.4. The number of carbonyl (C=O) groups excluding carboxylic acids is 2. The molecular weight excluding hydrogens is 252 g/mol. The fraction of sp³-hybridized carbons (Fsp3) is 0.875. The van der Waals surface area contributed by atoms with Gasteiger partial charge in [0.2, 0.25) is 11.8 Å². The molecule has 0 rings (SSSR count). The summed E-state index contributed by atoms with van der Waals surface area (Å²) in [7, 11) is 0. The first-order chi connectivity index (χ1) is 9.66. The van der Waals surface area contributed by atoms with Crippen LogP contribution in [0, 0.1) is 0 Å². The highest BCUT2D eigenvalue weighted by atomic mass is 16.2. The highest BCUT2D eigenvalue weighted by Gasteiger charge is 2.02. The Bertz CT molecular complexity index is 255. The van der Waals surface area contributed by atoms with E-state index in [1.807, 2.05) is 0 Å². The van der Waals surface area contributed by atoms with Crippen molar-refractivity contribution < 1.29 is 9.59 Å². The van der Waals surface area contributed by atoms with E-state index in [0.717, 1.165) is 12.8 Å². The molecule has 0 atom stereocenters. The molecule has 0 aromatic rings. The third-order valence-corrected chi connectivity index (χ3v) is 3.47. The first-order valence-corrected chi connectivity index (χ1v) is 8.21. The predicted octanol–water partition coefficient (Wildman–Crippen LogP) is 3.29. The van der Waals surface area contributed by atoms with Crippen molar-refractivity contribution in [1.82, 2.24) is 5.32 Å². The van der Waals surface area contributed by atoms with Gasteiger partial charge in [-0.15, -0.1) is 0 Å². The van der Waals surface area contributed by atoms with Gasteiger partial charge in [0.15, 0.2) is 0 Å². The number of rotatable bonds is 14. The average Bonchev–Trinajstić information content (AvgIpc) is 2.42. The van der Waals surface area contributed by atoms with Crippen molar-refractivity contribution in [2.45, 2.75) is 84.0 Å². The number of primary amides is 1. The molecular formula is C16H32N2O2. The van der Waals surface area contributed by atoms with Gasteiger partial charge in [0.05, 0.1) is 6.54 Å². The van der Waals surface area contributed by atoms with E-state index in [2.05, 4.69) is 12.2 Å². The molecule has 0 bridgehead atoms. The molecule has 0 radical (unpaired) electrons. The normalized spacial score (nSPS) is 10.4. The van der Waals surface area contributed by atoms with E-state index in [1.54, 1.807) is 0 Å². The summed E-state index contributed by atoms with van der Waals surface area (Å²) >= 11 is 0. The topological polar surface area (TPSA) is 72.2 Å². The Labute approximate surface area is 123 Å².